The van der Waals surface area contributed by atoms with Crippen LogP contribution in [0.25, 0.3) is 0 Å². The molecule has 2 N–H and O–H groups in total. The summed E-state index contributed by atoms with van der Waals surface area (Å²) in [6.07, 6.45) is -11.5. The van der Waals surface area contributed by atoms with E-state index in [9.17, 15) is 35.1 Å². The highest BCUT2D eigenvalue weighted by atomic mass is 19.4. The third-order valence-electron chi connectivity index (χ3n) is 1.90. The topological polar surface area (TPSA) is 40.5 Å². The van der Waals surface area contributed by atoms with Gasteiger partial charge in [0.15, 0.2) is 17.4 Å². The highest BCUT2D eigenvalue weighted by Crippen LogP contribution is 2.49. The average molecular weight is 282 g/mol. The van der Waals surface area contributed by atoms with Crippen molar-refractivity contribution in [3.05, 3.63) is 22.8 Å². The number of benzene rings is 1. The lowest BCUT2D eigenvalue weighted by Gasteiger charge is -2.17. The number of halogens is 8. The van der Waals surface area contributed by atoms with E-state index in [1.54, 1.807) is 0 Å². The Kier molecular flexibility index (Phi) is 3.09. The lowest BCUT2D eigenvalue weighted by atomic mass is 10.1. The molecule has 0 aliphatic carbocycles. The summed E-state index contributed by atoms with van der Waals surface area (Å²) in [6.45, 7) is 0. The second kappa shape index (κ2) is 3.89. The van der Waals surface area contributed by atoms with Crippen molar-refractivity contribution in [3.63, 3.8) is 0 Å². The Hall–Kier alpha value is -1.74. The van der Waals surface area contributed by atoms with Crippen molar-refractivity contribution in [1.82, 2.24) is 0 Å². The normalized spacial score (nSPS) is 12.9. The van der Waals surface area contributed by atoms with Gasteiger partial charge in [0.1, 0.15) is 16.9 Å². The van der Waals surface area contributed by atoms with Gasteiger partial charge in [-0.25, -0.2) is 8.78 Å². The Morgan fingerprint density at radius 3 is 1.11 bits per heavy atom. The third kappa shape index (κ3) is 2.14. The van der Waals surface area contributed by atoms with Gasteiger partial charge in [-0.15, -0.1) is 0 Å². The molecule has 1 aromatic rings. The molecule has 0 aromatic heterocycles. The number of phenolic OH excluding ortho intramolecular Hbond substituents is 2. The first-order valence-corrected chi connectivity index (χ1v) is 3.96. The molecule has 0 saturated carbocycles. The smallest absolute Gasteiger partial charge is 0.422 e. The SMILES string of the molecule is Oc1c(F)c(C(F)(F)F)c(O)c(C(F)(F)F)c1F. The molecule has 0 spiro atoms. The van der Waals surface area contributed by atoms with Crippen molar-refractivity contribution in [2.75, 3.05) is 0 Å². The molecule has 0 aliphatic rings. The number of hydrogen-bond donors (Lipinski definition) is 2. The van der Waals surface area contributed by atoms with Crippen LogP contribution in [-0.2, 0) is 12.4 Å². The zero-order chi connectivity index (χ0) is 14.5. The summed E-state index contributed by atoms with van der Waals surface area (Å²) < 4.78 is 98.8. The molecule has 18 heavy (non-hydrogen) atoms. The fraction of sp³-hybridized carbons (Fsp3) is 0.250. The summed E-state index contributed by atoms with van der Waals surface area (Å²) in [5.74, 6) is -10.6. The molecule has 0 amide bonds. The summed E-state index contributed by atoms with van der Waals surface area (Å²) in [4.78, 5) is 0. The van der Waals surface area contributed by atoms with Crippen molar-refractivity contribution >= 4 is 0 Å². The van der Waals surface area contributed by atoms with Gasteiger partial charge in [0.25, 0.3) is 0 Å². The highest BCUT2D eigenvalue weighted by molar-refractivity contribution is 5.51. The van der Waals surface area contributed by atoms with E-state index < -0.39 is 46.6 Å². The van der Waals surface area contributed by atoms with Crippen LogP contribution >= 0.6 is 0 Å². The molecule has 0 heterocycles. The summed E-state index contributed by atoms with van der Waals surface area (Å²) in [5, 5.41) is 17.3. The van der Waals surface area contributed by atoms with E-state index in [-0.39, 0.29) is 0 Å². The summed E-state index contributed by atoms with van der Waals surface area (Å²) in [7, 11) is 0. The maximum Gasteiger partial charge on any atom is 0.422 e. The summed E-state index contributed by atoms with van der Waals surface area (Å²) in [5.41, 5.74) is -5.57. The largest absolute Gasteiger partial charge is 0.506 e. The quantitative estimate of drug-likeness (QED) is 0.565. The van der Waals surface area contributed by atoms with E-state index >= 15 is 0 Å². The molecular weight excluding hydrogens is 280 g/mol. The second-order valence-electron chi connectivity index (χ2n) is 3.07. The molecule has 0 saturated heterocycles. The maximum atomic E-state index is 12.9. The van der Waals surface area contributed by atoms with E-state index in [0.29, 0.717) is 0 Å². The Labute approximate surface area is 93.1 Å². The number of alkyl halides is 6. The van der Waals surface area contributed by atoms with E-state index in [1.807, 2.05) is 0 Å². The van der Waals surface area contributed by atoms with Crippen LogP contribution in [0.15, 0.2) is 0 Å². The molecule has 0 bridgehead atoms. The number of hydrogen-bond acceptors (Lipinski definition) is 2. The van der Waals surface area contributed by atoms with Gasteiger partial charge in [-0.1, -0.05) is 0 Å². The Morgan fingerprint density at radius 1 is 0.611 bits per heavy atom. The predicted octanol–water partition coefficient (Wildman–Crippen LogP) is 3.41. The number of phenols is 2. The van der Waals surface area contributed by atoms with Crippen molar-refractivity contribution in [2.24, 2.45) is 0 Å². The van der Waals surface area contributed by atoms with Crippen LogP contribution < -0.4 is 0 Å². The van der Waals surface area contributed by atoms with Gasteiger partial charge in [-0.2, -0.15) is 26.3 Å². The van der Waals surface area contributed by atoms with E-state index in [1.165, 1.54) is 0 Å². The molecule has 1 rings (SSSR count). The lowest BCUT2D eigenvalue weighted by Crippen LogP contribution is -2.16. The van der Waals surface area contributed by atoms with Crippen molar-refractivity contribution in [3.8, 4) is 11.5 Å². The van der Waals surface area contributed by atoms with Gasteiger partial charge in [-0.05, 0) is 0 Å². The number of rotatable bonds is 0. The molecule has 0 fully saturated rings. The molecule has 0 radical (unpaired) electrons. The van der Waals surface area contributed by atoms with Crippen molar-refractivity contribution < 1.29 is 45.3 Å². The minimum Gasteiger partial charge on any atom is -0.506 e. The van der Waals surface area contributed by atoms with Gasteiger partial charge < -0.3 is 10.2 Å². The minimum atomic E-state index is -5.74. The van der Waals surface area contributed by atoms with E-state index in [0.717, 1.165) is 0 Å². The van der Waals surface area contributed by atoms with Crippen LogP contribution in [0.3, 0.4) is 0 Å². The fourth-order valence-electron chi connectivity index (χ4n) is 1.18. The first-order chi connectivity index (χ1) is 7.89. The van der Waals surface area contributed by atoms with Crippen LogP contribution in [0.1, 0.15) is 11.1 Å². The molecular formula is C8H2F8O2. The molecule has 0 aliphatic heterocycles. The lowest BCUT2D eigenvalue weighted by molar-refractivity contribution is -0.148. The summed E-state index contributed by atoms with van der Waals surface area (Å²) in [6, 6.07) is 0. The Bertz CT molecular complexity index is 446. The van der Waals surface area contributed by atoms with Crippen molar-refractivity contribution in [2.45, 2.75) is 12.4 Å². The third-order valence-corrected chi connectivity index (χ3v) is 1.90. The Morgan fingerprint density at radius 2 is 0.889 bits per heavy atom. The number of aromatic hydroxyl groups is 2. The van der Waals surface area contributed by atoms with E-state index in [4.69, 9.17) is 10.2 Å². The van der Waals surface area contributed by atoms with Crippen LogP contribution in [-0.4, -0.2) is 10.2 Å². The molecule has 1 aromatic carbocycles. The van der Waals surface area contributed by atoms with Gasteiger partial charge in [-0.3, -0.25) is 0 Å². The maximum absolute atomic E-state index is 12.9. The standard InChI is InChI=1S/C8H2F8O2/c9-3-1(7(11,12)13)5(17)2(8(14,15)16)4(10)6(3)18/h17-18H. The first-order valence-electron chi connectivity index (χ1n) is 3.96. The average Bonchev–Trinajstić information content (AvgIpc) is 2.09. The molecule has 10 heteroatoms. The second-order valence-corrected chi connectivity index (χ2v) is 3.07. The minimum absolute atomic E-state index is 2.47. The highest BCUT2D eigenvalue weighted by Gasteiger charge is 2.48. The van der Waals surface area contributed by atoms with Crippen LogP contribution in [0.4, 0.5) is 35.1 Å². The molecule has 2 nitrogen and oxygen atoms in total. The van der Waals surface area contributed by atoms with Crippen LogP contribution in [0.2, 0.25) is 0 Å². The van der Waals surface area contributed by atoms with Gasteiger partial charge in [0.2, 0.25) is 0 Å². The van der Waals surface area contributed by atoms with Crippen LogP contribution in [0, 0.1) is 11.6 Å². The Balaban J connectivity index is 3.83. The zero-order valence-electron chi connectivity index (χ0n) is 7.92. The van der Waals surface area contributed by atoms with Gasteiger partial charge in [0, 0.05) is 0 Å². The van der Waals surface area contributed by atoms with Gasteiger partial charge in [0.05, 0.1) is 0 Å². The fourth-order valence-corrected chi connectivity index (χ4v) is 1.18. The molecule has 0 unspecified atom stereocenters. The molecule has 0 atom stereocenters. The van der Waals surface area contributed by atoms with Crippen LogP contribution in [0.5, 0.6) is 11.5 Å². The van der Waals surface area contributed by atoms with E-state index in [2.05, 4.69) is 0 Å². The first kappa shape index (κ1) is 14.3. The van der Waals surface area contributed by atoms with Crippen molar-refractivity contribution in [1.29, 1.82) is 0 Å². The van der Waals surface area contributed by atoms with Gasteiger partial charge >= 0.3 is 12.4 Å². The zero-order valence-corrected chi connectivity index (χ0v) is 7.92. The monoisotopic (exact) mass is 282 g/mol. The molecule has 102 valence electrons. The summed E-state index contributed by atoms with van der Waals surface area (Å²) >= 11 is 0. The predicted molar refractivity (Wildman–Crippen MR) is 39.7 cm³/mol.